The van der Waals surface area contributed by atoms with Crippen LogP contribution < -0.4 is 9.44 Å². The number of nitrogens with one attached hydrogen (secondary N) is 2. The van der Waals surface area contributed by atoms with Crippen LogP contribution >= 0.6 is 0 Å². The molecule has 2 rings (SSSR count). The van der Waals surface area contributed by atoms with E-state index in [0.717, 1.165) is 24.4 Å². The molecule has 0 radical (unpaired) electrons. The minimum atomic E-state index is -4.03. The van der Waals surface area contributed by atoms with E-state index in [2.05, 4.69) is 9.44 Å². The number of ether oxygens (including phenoxy) is 1. The highest BCUT2D eigenvalue weighted by Crippen LogP contribution is 2.28. The van der Waals surface area contributed by atoms with Crippen molar-refractivity contribution in [3.8, 4) is 0 Å². The molecule has 0 aromatic heterocycles. The van der Waals surface area contributed by atoms with E-state index in [1.54, 1.807) is 45.0 Å². The van der Waals surface area contributed by atoms with E-state index >= 15 is 0 Å². The SMILES string of the molecule is COC(=O)/C(=C/NS(=O)(=O)c1ccc(C)cc1)C(NS(=O)(=O)c1ccc(C)cc1)C(C)(C)C. The lowest BCUT2D eigenvalue weighted by Gasteiger charge is -2.32. The molecule has 0 saturated carbocycles. The molecule has 1 unspecified atom stereocenters. The minimum Gasteiger partial charge on any atom is -0.466 e. The van der Waals surface area contributed by atoms with Crippen LogP contribution in [0.25, 0.3) is 0 Å². The van der Waals surface area contributed by atoms with E-state index in [1.165, 1.54) is 24.3 Å². The van der Waals surface area contributed by atoms with Crippen molar-refractivity contribution in [1.29, 1.82) is 0 Å². The third-order valence-corrected chi connectivity index (χ3v) is 7.66. The van der Waals surface area contributed by atoms with E-state index < -0.39 is 37.5 Å². The second kappa shape index (κ2) is 10.1. The van der Waals surface area contributed by atoms with Crippen molar-refractivity contribution in [1.82, 2.24) is 9.44 Å². The molecule has 8 nitrogen and oxygen atoms in total. The van der Waals surface area contributed by atoms with Crippen LogP contribution in [0.2, 0.25) is 0 Å². The van der Waals surface area contributed by atoms with E-state index in [-0.39, 0.29) is 15.4 Å². The molecule has 0 aliphatic heterocycles. The summed E-state index contributed by atoms with van der Waals surface area (Å²) >= 11 is 0. The van der Waals surface area contributed by atoms with Crippen molar-refractivity contribution >= 4 is 26.0 Å². The first-order valence-electron chi connectivity index (χ1n) is 10.1. The van der Waals surface area contributed by atoms with Crippen molar-refractivity contribution in [3.05, 3.63) is 71.4 Å². The van der Waals surface area contributed by atoms with Gasteiger partial charge in [-0.3, -0.25) is 4.72 Å². The first kappa shape index (κ1) is 26.6. The number of esters is 1. The third kappa shape index (κ3) is 6.89. The predicted molar refractivity (Wildman–Crippen MR) is 126 cm³/mol. The van der Waals surface area contributed by atoms with Crippen molar-refractivity contribution in [2.45, 2.75) is 50.5 Å². The van der Waals surface area contributed by atoms with Gasteiger partial charge in [-0.05, 0) is 43.5 Å². The molecule has 0 saturated heterocycles. The fraction of sp³-hybridized carbons (Fsp3) is 0.348. The average molecular weight is 495 g/mol. The molecule has 2 aromatic carbocycles. The zero-order chi connectivity index (χ0) is 25.0. The van der Waals surface area contributed by atoms with Gasteiger partial charge in [0.2, 0.25) is 10.0 Å². The Morgan fingerprint density at radius 3 is 1.67 bits per heavy atom. The van der Waals surface area contributed by atoms with Crippen LogP contribution in [0.4, 0.5) is 0 Å². The molecule has 0 fully saturated rings. The number of methoxy groups -OCH3 is 1. The lowest BCUT2D eigenvalue weighted by molar-refractivity contribution is -0.136. The maximum absolute atomic E-state index is 13.0. The van der Waals surface area contributed by atoms with E-state index in [4.69, 9.17) is 4.74 Å². The molecule has 2 aromatic rings. The Morgan fingerprint density at radius 2 is 1.27 bits per heavy atom. The molecular weight excluding hydrogens is 464 g/mol. The van der Waals surface area contributed by atoms with Gasteiger partial charge in [0.05, 0.1) is 28.5 Å². The van der Waals surface area contributed by atoms with Crippen molar-refractivity contribution < 1.29 is 26.4 Å². The molecule has 0 spiro atoms. The number of sulfonamides is 2. The van der Waals surface area contributed by atoms with Crippen molar-refractivity contribution in [2.75, 3.05) is 7.11 Å². The fourth-order valence-electron chi connectivity index (χ4n) is 2.95. The first-order valence-corrected chi connectivity index (χ1v) is 13.1. The summed E-state index contributed by atoms with van der Waals surface area (Å²) < 4.78 is 61.2. The van der Waals surface area contributed by atoms with Crippen LogP contribution in [0.1, 0.15) is 31.9 Å². The molecule has 0 amide bonds. The number of hydrogen-bond donors (Lipinski definition) is 2. The quantitative estimate of drug-likeness (QED) is 0.430. The van der Waals surface area contributed by atoms with Gasteiger partial charge in [-0.15, -0.1) is 0 Å². The number of aryl methyl sites for hydroxylation is 2. The number of carbonyl (C=O) groups is 1. The van der Waals surface area contributed by atoms with Gasteiger partial charge in [0, 0.05) is 6.20 Å². The maximum atomic E-state index is 13.0. The summed E-state index contributed by atoms with van der Waals surface area (Å²) in [5, 5.41) is 0. The summed E-state index contributed by atoms with van der Waals surface area (Å²) in [5.74, 6) is -0.867. The van der Waals surface area contributed by atoms with E-state index in [1.807, 2.05) is 13.8 Å². The van der Waals surface area contributed by atoms with Crippen molar-refractivity contribution in [3.63, 3.8) is 0 Å². The highest BCUT2D eigenvalue weighted by Gasteiger charge is 2.36. The largest absolute Gasteiger partial charge is 0.466 e. The molecule has 2 N–H and O–H groups in total. The molecule has 33 heavy (non-hydrogen) atoms. The van der Waals surface area contributed by atoms with E-state index in [9.17, 15) is 21.6 Å². The van der Waals surface area contributed by atoms with Gasteiger partial charge in [-0.25, -0.2) is 26.4 Å². The summed E-state index contributed by atoms with van der Waals surface area (Å²) in [6, 6.07) is 11.3. The van der Waals surface area contributed by atoms with Gasteiger partial charge in [-0.1, -0.05) is 56.2 Å². The standard InChI is InChI=1S/C23H30N2O6S2/c1-16-7-11-18(12-8-16)32(27,28)24-15-20(22(26)31-6)21(23(3,4)5)25-33(29,30)19-13-9-17(2)10-14-19/h7-15,21,24-25H,1-6H3/b20-15+. The summed E-state index contributed by atoms with van der Waals surface area (Å²) in [5.41, 5.74) is 0.781. The van der Waals surface area contributed by atoms with Gasteiger partial charge < -0.3 is 4.74 Å². The minimum absolute atomic E-state index is 0.00103. The third-order valence-electron chi connectivity index (χ3n) is 4.90. The van der Waals surface area contributed by atoms with Crippen molar-refractivity contribution in [2.24, 2.45) is 5.41 Å². The van der Waals surface area contributed by atoms with Gasteiger partial charge in [-0.2, -0.15) is 0 Å². The number of rotatable bonds is 8. The topological polar surface area (TPSA) is 119 Å². The summed E-state index contributed by atoms with van der Waals surface area (Å²) in [7, 11) is -6.90. The van der Waals surface area contributed by atoms with Gasteiger partial charge in [0.1, 0.15) is 0 Å². The Labute approximate surface area is 196 Å². The molecule has 0 aliphatic rings. The Balaban J connectivity index is 2.49. The Morgan fingerprint density at radius 1 is 0.848 bits per heavy atom. The number of benzene rings is 2. The average Bonchev–Trinajstić information content (AvgIpc) is 2.72. The Bertz CT molecular complexity index is 1230. The van der Waals surface area contributed by atoms with Crippen LogP contribution in [0.5, 0.6) is 0 Å². The summed E-state index contributed by atoms with van der Waals surface area (Å²) in [6.07, 6.45) is 0.981. The van der Waals surface area contributed by atoms with Gasteiger partial charge in [0.15, 0.2) is 0 Å². The van der Waals surface area contributed by atoms with Crippen LogP contribution in [0, 0.1) is 19.3 Å². The second-order valence-corrected chi connectivity index (χ2v) is 12.2. The Hall–Kier alpha value is -2.69. The number of hydrogen-bond acceptors (Lipinski definition) is 6. The molecule has 1 atom stereocenters. The summed E-state index contributed by atoms with van der Waals surface area (Å²) in [6.45, 7) is 8.83. The van der Waals surface area contributed by atoms with Gasteiger partial charge >= 0.3 is 5.97 Å². The normalized spacial score (nSPS) is 13.9. The molecule has 180 valence electrons. The smallest absolute Gasteiger partial charge is 0.336 e. The predicted octanol–water partition coefficient (Wildman–Crippen LogP) is 3.03. The van der Waals surface area contributed by atoms with Crippen LogP contribution in [-0.2, 0) is 29.6 Å². The van der Waals surface area contributed by atoms with Crippen LogP contribution in [0.15, 0.2) is 70.1 Å². The molecule has 0 heterocycles. The molecule has 10 heteroatoms. The Kier molecular flexibility index (Phi) is 8.10. The monoisotopic (exact) mass is 494 g/mol. The van der Waals surface area contributed by atoms with Gasteiger partial charge in [0.25, 0.3) is 10.0 Å². The molecular formula is C23H30N2O6S2. The highest BCUT2D eigenvalue weighted by molar-refractivity contribution is 7.89. The zero-order valence-electron chi connectivity index (χ0n) is 19.5. The fourth-order valence-corrected chi connectivity index (χ4v) is 5.29. The van der Waals surface area contributed by atoms with Crippen LogP contribution in [-0.4, -0.2) is 36.0 Å². The molecule has 0 aliphatic carbocycles. The van der Waals surface area contributed by atoms with Crippen LogP contribution in [0.3, 0.4) is 0 Å². The number of carbonyl (C=O) groups excluding carboxylic acids is 1. The second-order valence-electron chi connectivity index (χ2n) is 8.76. The lowest BCUT2D eigenvalue weighted by atomic mass is 9.83. The maximum Gasteiger partial charge on any atom is 0.336 e. The van der Waals surface area contributed by atoms with E-state index in [0.29, 0.717) is 0 Å². The zero-order valence-corrected chi connectivity index (χ0v) is 21.2. The summed E-state index contributed by atoms with van der Waals surface area (Å²) in [4.78, 5) is 12.6. The highest BCUT2D eigenvalue weighted by atomic mass is 32.2. The molecule has 0 bridgehead atoms. The lowest BCUT2D eigenvalue weighted by Crippen LogP contribution is -2.47. The first-order chi connectivity index (χ1) is 15.2.